The summed E-state index contributed by atoms with van der Waals surface area (Å²) in [6.07, 6.45) is 0. The van der Waals surface area contributed by atoms with Gasteiger partial charge in [-0.05, 0) is 57.3 Å². The molecule has 2 aromatic heterocycles. The first-order valence-corrected chi connectivity index (χ1v) is 12.1. The average molecular weight is 451 g/mol. The zero-order chi connectivity index (χ0) is 23.3. The second-order valence-electron chi connectivity index (χ2n) is 10.0. The van der Waals surface area contributed by atoms with Crippen molar-refractivity contribution in [1.82, 2.24) is 9.55 Å². The number of para-hydroxylation sites is 3. The highest BCUT2D eigenvalue weighted by Gasteiger charge is 2.37. The molecule has 5 aromatic carbocycles. The molecule has 1 aliphatic rings. The van der Waals surface area contributed by atoms with E-state index in [0.717, 1.165) is 22.1 Å². The van der Waals surface area contributed by atoms with E-state index < -0.39 is 0 Å². The van der Waals surface area contributed by atoms with E-state index in [4.69, 9.17) is 9.40 Å². The Morgan fingerprint density at radius 3 is 2.37 bits per heavy atom. The SMILES string of the molecule is CC1(C)c2ccccc2-c2ccc3ccc4c(c5ccccc5n4-c4nc5ccccc5o4)c3c21. The summed E-state index contributed by atoms with van der Waals surface area (Å²) in [4.78, 5) is 4.87. The van der Waals surface area contributed by atoms with E-state index in [1.807, 2.05) is 24.3 Å². The monoisotopic (exact) mass is 450 g/mol. The van der Waals surface area contributed by atoms with Gasteiger partial charge in [-0.1, -0.05) is 86.6 Å². The van der Waals surface area contributed by atoms with Gasteiger partial charge in [0.15, 0.2) is 5.58 Å². The molecule has 0 radical (unpaired) electrons. The van der Waals surface area contributed by atoms with E-state index in [2.05, 4.69) is 91.2 Å². The van der Waals surface area contributed by atoms with Crippen LogP contribution in [-0.2, 0) is 5.41 Å². The lowest BCUT2D eigenvalue weighted by Gasteiger charge is -2.23. The third-order valence-corrected chi connectivity index (χ3v) is 7.81. The fourth-order valence-electron chi connectivity index (χ4n) is 6.31. The number of oxazole rings is 1. The lowest BCUT2D eigenvalue weighted by atomic mass is 9.79. The van der Waals surface area contributed by atoms with Gasteiger partial charge in [-0.3, -0.25) is 4.57 Å². The number of benzene rings is 5. The number of nitrogens with zero attached hydrogens (tertiary/aromatic N) is 2. The van der Waals surface area contributed by atoms with Crippen LogP contribution in [0.3, 0.4) is 0 Å². The molecule has 2 heterocycles. The molecule has 8 rings (SSSR count). The summed E-state index contributed by atoms with van der Waals surface area (Å²) in [6.45, 7) is 4.71. The van der Waals surface area contributed by atoms with E-state index in [0.29, 0.717) is 6.01 Å². The van der Waals surface area contributed by atoms with Crippen LogP contribution in [0.25, 0.3) is 60.8 Å². The van der Waals surface area contributed by atoms with Crippen LogP contribution in [0.2, 0.25) is 0 Å². The van der Waals surface area contributed by atoms with Crippen molar-refractivity contribution in [3.05, 3.63) is 108 Å². The van der Waals surface area contributed by atoms with Crippen LogP contribution in [0.5, 0.6) is 0 Å². The van der Waals surface area contributed by atoms with Crippen molar-refractivity contribution >= 4 is 43.7 Å². The molecule has 166 valence electrons. The molecule has 1 aliphatic carbocycles. The highest BCUT2D eigenvalue weighted by atomic mass is 16.4. The molecule has 0 atom stereocenters. The highest BCUT2D eigenvalue weighted by Crippen LogP contribution is 2.53. The van der Waals surface area contributed by atoms with E-state index in [1.54, 1.807) is 0 Å². The van der Waals surface area contributed by atoms with Gasteiger partial charge in [0.25, 0.3) is 0 Å². The fourth-order valence-corrected chi connectivity index (χ4v) is 6.31. The van der Waals surface area contributed by atoms with Crippen molar-refractivity contribution in [2.24, 2.45) is 0 Å². The Hall–Kier alpha value is -4.37. The van der Waals surface area contributed by atoms with Crippen LogP contribution in [-0.4, -0.2) is 9.55 Å². The average Bonchev–Trinajstić information content (AvgIpc) is 3.52. The molecule has 7 aromatic rings. The Morgan fingerprint density at radius 1 is 0.686 bits per heavy atom. The Balaban J connectivity index is 1.58. The summed E-state index contributed by atoms with van der Waals surface area (Å²) in [7, 11) is 0. The Kier molecular flexibility index (Phi) is 3.47. The molecule has 35 heavy (non-hydrogen) atoms. The molecule has 0 spiro atoms. The quantitative estimate of drug-likeness (QED) is 0.251. The molecule has 0 aliphatic heterocycles. The van der Waals surface area contributed by atoms with Crippen LogP contribution in [0, 0.1) is 0 Å². The van der Waals surface area contributed by atoms with Gasteiger partial charge in [-0.25, -0.2) is 0 Å². The lowest BCUT2D eigenvalue weighted by molar-refractivity contribution is 0.574. The van der Waals surface area contributed by atoms with E-state index in [-0.39, 0.29) is 5.41 Å². The summed E-state index contributed by atoms with van der Waals surface area (Å²) in [6, 6.07) is 35.0. The molecule has 3 heteroatoms. The predicted octanol–water partition coefficient (Wildman–Crippen LogP) is 8.38. The second-order valence-corrected chi connectivity index (χ2v) is 10.0. The molecule has 0 N–H and O–H groups in total. The minimum absolute atomic E-state index is 0.0967. The second kappa shape index (κ2) is 6.39. The maximum atomic E-state index is 6.28. The number of hydrogen-bond donors (Lipinski definition) is 0. The summed E-state index contributed by atoms with van der Waals surface area (Å²) >= 11 is 0. The third-order valence-electron chi connectivity index (χ3n) is 7.81. The molecule has 0 saturated heterocycles. The van der Waals surface area contributed by atoms with Crippen LogP contribution in [0.15, 0.2) is 101 Å². The van der Waals surface area contributed by atoms with Gasteiger partial charge in [0, 0.05) is 16.2 Å². The molecule has 0 fully saturated rings. The predicted molar refractivity (Wildman–Crippen MR) is 143 cm³/mol. The van der Waals surface area contributed by atoms with Gasteiger partial charge in [-0.15, -0.1) is 0 Å². The number of fused-ring (bicyclic) bond motifs is 10. The summed E-state index contributed by atoms with van der Waals surface area (Å²) in [5, 5.41) is 5.07. The van der Waals surface area contributed by atoms with Gasteiger partial charge in [0.2, 0.25) is 0 Å². The number of aromatic nitrogens is 2. The molecule has 3 nitrogen and oxygen atoms in total. The smallest absolute Gasteiger partial charge is 0.307 e. The van der Waals surface area contributed by atoms with E-state index in [9.17, 15) is 0 Å². The van der Waals surface area contributed by atoms with Gasteiger partial charge >= 0.3 is 6.01 Å². The molecule has 0 bridgehead atoms. The van der Waals surface area contributed by atoms with Crippen molar-refractivity contribution in [3.8, 4) is 17.1 Å². The fraction of sp³-hybridized carbons (Fsp3) is 0.0938. The van der Waals surface area contributed by atoms with Crippen molar-refractivity contribution in [1.29, 1.82) is 0 Å². The first-order valence-electron chi connectivity index (χ1n) is 12.1. The summed E-state index contributed by atoms with van der Waals surface area (Å²) < 4.78 is 8.46. The lowest BCUT2D eigenvalue weighted by Crippen LogP contribution is -2.15. The Bertz CT molecular complexity index is 1950. The normalized spacial score (nSPS) is 14.2. The maximum Gasteiger partial charge on any atom is 0.307 e. The zero-order valence-corrected chi connectivity index (χ0v) is 19.5. The van der Waals surface area contributed by atoms with Gasteiger partial charge in [-0.2, -0.15) is 4.98 Å². The summed E-state index contributed by atoms with van der Waals surface area (Å²) in [5.41, 5.74) is 9.26. The summed E-state index contributed by atoms with van der Waals surface area (Å²) in [5.74, 6) is 0. The molecule has 0 amide bonds. The number of rotatable bonds is 1. The number of hydrogen-bond acceptors (Lipinski definition) is 2. The minimum atomic E-state index is -0.0967. The van der Waals surface area contributed by atoms with Gasteiger partial charge in [0.1, 0.15) is 5.52 Å². The maximum absolute atomic E-state index is 6.28. The van der Waals surface area contributed by atoms with Crippen molar-refractivity contribution in [2.75, 3.05) is 0 Å². The van der Waals surface area contributed by atoms with E-state index in [1.165, 1.54) is 43.8 Å². The van der Waals surface area contributed by atoms with Crippen molar-refractivity contribution in [2.45, 2.75) is 19.3 Å². The Morgan fingerprint density at radius 2 is 1.46 bits per heavy atom. The van der Waals surface area contributed by atoms with Crippen LogP contribution in [0.4, 0.5) is 0 Å². The first-order chi connectivity index (χ1) is 17.1. The van der Waals surface area contributed by atoms with Gasteiger partial charge in [0.05, 0.1) is 11.0 Å². The highest BCUT2D eigenvalue weighted by molar-refractivity contribution is 6.23. The molecular weight excluding hydrogens is 428 g/mol. The standard InChI is InChI=1S/C32H22N2O/c1-32(2)23-11-5-3-9-20(23)21-17-15-19-16-18-26-29(28(19)30(21)32)22-10-4-7-13-25(22)34(26)31-33-24-12-6-8-14-27(24)35-31/h3-18H,1-2H3. The van der Waals surface area contributed by atoms with E-state index >= 15 is 0 Å². The van der Waals surface area contributed by atoms with Crippen molar-refractivity contribution < 1.29 is 4.42 Å². The molecular formula is C32H22N2O. The minimum Gasteiger partial charge on any atom is -0.423 e. The first kappa shape index (κ1) is 19.0. The molecule has 0 unspecified atom stereocenters. The van der Waals surface area contributed by atoms with Crippen LogP contribution >= 0.6 is 0 Å². The third kappa shape index (κ3) is 2.33. The van der Waals surface area contributed by atoms with Crippen LogP contribution in [0.1, 0.15) is 25.0 Å². The largest absolute Gasteiger partial charge is 0.423 e. The van der Waals surface area contributed by atoms with Crippen LogP contribution < -0.4 is 0 Å². The van der Waals surface area contributed by atoms with Gasteiger partial charge < -0.3 is 4.42 Å². The topological polar surface area (TPSA) is 31.0 Å². The Labute approximate surface area is 202 Å². The zero-order valence-electron chi connectivity index (χ0n) is 19.5. The molecule has 0 saturated carbocycles. The van der Waals surface area contributed by atoms with Crippen molar-refractivity contribution in [3.63, 3.8) is 0 Å².